The number of nitrogens with one attached hydrogen (secondary N) is 1. The summed E-state index contributed by atoms with van der Waals surface area (Å²) in [6, 6.07) is 0.400. The monoisotopic (exact) mass is 262 g/mol. The fourth-order valence-electron chi connectivity index (χ4n) is 2.59. The summed E-state index contributed by atoms with van der Waals surface area (Å²) in [6.45, 7) is 0.766. The van der Waals surface area contributed by atoms with Crippen LogP contribution in [0.1, 0.15) is 29.0 Å². The summed E-state index contributed by atoms with van der Waals surface area (Å²) < 4.78 is 7.05. The molecule has 0 spiro atoms. The van der Waals surface area contributed by atoms with Gasteiger partial charge in [0.2, 0.25) is 0 Å². The second-order valence-corrected chi connectivity index (χ2v) is 5.03. The van der Waals surface area contributed by atoms with Gasteiger partial charge in [0.05, 0.1) is 12.8 Å². The van der Waals surface area contributed by atoms with Crippen LogP contribution in [-0.4, -0.2) is 26.1 Å². The summed E-state index contributed by atoms with van der Waals surface area (Å²) in [6.07, 6.45) is 6.68. The first-order chi connectivity index (χ1) is 9.26. The van der Waals surface area contributed by atoms with Crippen molar-refractivity contribution < 1.29 is 9.63 Å². The van der Waals surface area contributed by atoms with Crippen LogP contribution in [0, 0.1) is 0 Å². The van der Waals surface area contributed by atoms with Crippen LogP contribution in [0.3, 0.4) is 0 Å². The van der Waals surface area contributed by atoms with Gasteiger partial charge < -0.3 is 14.9 Å². The number of aryl methyl sites for hydroxylation is 2. The van der Waals surface area contributed by atoms with Crippen molar-refractivity contribution in [1.29, 1.82) is 0 Å². The van der Waals surface area contributed by atoms with Crippen LogP contribution in [0.15, 0.2) is 16.9 Å². The minimum atomic E-state index is -0.0475. The Morgan fingerprint density at radius 3 is 3.21 bits per heavy atom. The lowest BCUT2D eigenvalue weighted by atomic mass is 9.92. The minimum absolute atomic E-state index is 0.0475. The van der Waals surface area contributed by atoms with Gasteiger partial charge in [0, 0.05) is 43.4 Å². The normalized spacial score (nSPS) is 18.5. The van der Waals surface area contributed by atoms with Crippen molar-refractivity contribution in [2.75, 3.05) is 0 Å². The van der Waals surface area contributed by atoms with Gasteiger partial charge in [-0.05, 0) is 12.8 Å². The molecule has 1 aliphatic carbocycles. The van der Waals surface area contributed by atoms with E-state index in [4.69, 9.17) is 4.52 Å². The van der Waals surface area contributed by atoms with E-state index in [1.165, 1.54) is 5.56 Å². The highest BCUT2D eigenvalue weighted by Crippen LogP contribution is 2.24. The van der Waals surface area contributed by atoms with Crippen LogP contribution in [0.25, 0.3) is 0 Å². The topological polar surface area (TPSA) is 76.1 Å². The molecule has 1 aliphatic rings. The molecule has 0 saturated heterocycles. The molecule has 0 aliphatic heterocycles. The first kappa shape index (κ1) is 12.4. The van der Waals surface area contributed by atoms with Crippen LogP contribution >= 0.6 is 0 Å². The maximum absolute atomic E-state index is 9.23. The Morgan fingerprint density at radius 2 is 2.47 bits per heavy atom. The summed E-state index contributed by atoms with van der Waals surface area (Å²) in [4.78, 5) is 0. The van der Waals surface area contributed by atoms with Gasteiger partial charge in [0.1, 0.15) is 11.5 Å². The molecule has 102 valence electrons. The van der Waals surface area contributed by atoms with Crippen molar-refractivity contribution in [3.8, 4) is 0 Å². The Morgan fingerprint density at radius 1 is 1.58 bits per heavy atom. The summed E-state index contributed by atoms with van der Waals surface area (Å²) in [7, 11) is 1.92. The first-order valence-electron chi connectivity index (χ1n) is 6.54. The number of fused-ring (bicyclic) bond motifs is 1. The average Bonchev–Trinajstić information content (AvgIpc) is 3.01. The van der Waals surface area contributed by atoms with Gasteiger partial charge >= 0.3 is 0 Å². The SMILES string of the molecule is Cn1cc(CNC2CCc3onc(CO)c3C2)cn1. The largest absolute Gasteiger partial charge is 0.390 e. The Labute approximate surface area is 111 Å². The first-order valence-corrected chi connectivity index (χ1v) is 6.54. The van der Waals surface area contributed by atoms with Gasteiger partial charge in [0.25, 0.3) is 0 Å². The molecule has 0 bridgehead atoms. The van der Waals surface area contributed by atoms with Crippen LogP contribution in [0.4, 0.5) is 0 Å². The highest BCUT2D eigenvalue weighted by molar-refractivity contribution is 5.26. The molecule has 0 amide bonds. The lowest BCUT2D eigenvalue weighted by Gasteiger charge is -2.22. The number of aliphatic hydroxyl groups excluding tert-OH is 1. The zero-order chi connectivity index (χ0) is 13.2. The fourth-order valence-corrected chi connectivity index (χ4v) is 2.59. The van der Waals surface area contributed by atoms with Crippen molar-refractivity contribution in [1.82, 2.24) is 20.3 Å². The summed E-state index contributed by atoms with van der Waals surface area (Å²) in [5.74, 6) is 0.934. The van der Waals surface area contributed by atoms with E-state index in [2.05, 4.69) is 15.6 Å². The van der Waals surface area contributed by atoms with E-state index >= 15 is 0 Å². The van der Waals surface area contributed by atoms with Gasteiger partial charge in [-0.1, -0.05) is 5.16 Å². The standard InChI is InChI=1S/C13H18N4O2/c1-17-7-9(6-15-17)5-14-10-2-3-13-11(4-10)12(8-18)16-19-13/h6-7,10,14,18H,2-5,8H2,1H3. The minimum Gasteiger partial charge on any atom is -0.390 e. The molecule has 1 unspecified atom stereocenters. The fraction of sp³-hybridized carbons (Fsp3) is 0.538. The number of nitrogens with zero attached hydrogens (tertiary/aromatic N) is 3. The van der Waals surface area contributed by atoms with E-state index in [1.807, 2.05) is 19.4 Å². The second kappa shape index (κ2) is 5.14. The molecule has 2 N–H and O–H groups in total. The number of aliphatic hydroxyl groups is 1. The third-order valence-electron chi connectivity index (χ3n) is 3.62. The molecular weight excluding hydrogens is 244 g/mol. The number of aromatic nitrogens is 3. The van der Waals surface area contributed by atoms with Crippen molar-refractivity contribution >= 4 is 0 Å². The molecule has 0 aromatic carbocycles. The Kier molecular flexibility index (Phi) is 3.35. The molecule has 0 radical (unpaired) electrons. The van der Waals surface area contributed by atoms with Gasteiger partial charge in [-0.3, -0.25) is 4.68 Å². The number of rotatable bonds is 4. The lowest BCUT2D eigenvalue weighted by Crippen LogP contribution is -2.34. The Balaban J connectivity index is 1.62. The number of hydrogen-bond acceptors (Lipinski definition) is 5. The van der Waals surface area contributed by atoms with Crippen LogP contribution < -0.4 is 5.32 Å². The average molecular weight is 262 g/mol. The molecular formula is C13H18N4O2. The quantitative estimate of drug-likeness (QED) is 0.841. The van der Waals surface area contributed by atoms with E-state index in [9.17, 15) is 5.11 Å². The van der Waals surface area contributed by atoms with E-state index in [0.717, 1.165) is 37.1 Å². The van der Waals surface area contributed by atoms with E-state index in [0.29, 0.717) is 11.7 Å². The Bertz CT molecular complexity index is 547. The molecule has 19 heavy (non-hydrogen) atoms. The van der Waals surface area contributed by atoms with Crippen molar-refractivity contribution in [3.05, 3.63) is 35.0 Å². The van der Waals surface area contributed by atoms with Crippen LogP contribution in [-0.2, 0) is 33.0 Å². The third kappa shape index (κ3) is 2.54. The molecule has 6 nitrogen and oxygen atoms in total. The zero-order valence-electron chi connectivity index (χ0n) is 11.0. The molecule has 0 fully saturated rings. The summed E-state index contributed by atoms with van der Waals surface area (Å²) in [5, 5.41) is 20.8. The van der Waals surface area contributed by atoms with Crippen molar-refractivity contribution in [2.24, 2.45) is 7.05 Å². The van der Waals surface area contributed by atoms with Crippen LogP contribution in [0.2, 0.25) is 0 Å². The summed E-state index contributed by atoms with van der Waals surface area (Å²) >= 11 is 0. The summed E-state index contributed by atoms with van der Waals surface area (Å²) in [5.41, 5.74) is 2.95. The predicted molar refractivity (Wildman–Crippen MR) is 68.3 cm³/mol. The molecule has 2 heterocycles. The van der Waals surface area contributed by atoms with Gasteiger partial charge in [-0.15, -0.1) is 0 Å². The van der Waals surface area contributed by atoms with E-state index < -0.39 is 0 Å². The van der Waals surface area contributed by atoms with Crippen molar-refractivity contribution in [3.63, 3.8) is 0 Å². The smallest absolute Gasteiger partial charge is 0.140 e. The third-order valence-corrected chi connectivity index (χ3v) is 3.62. The predicted octanol–water partition coefficient (Wildman–Crippen LogP) is 0.547. The molecule has 0 saturated carbocycles. The maximum atomic E-state index is 9.23. The Hall–Kier alpha value is -1.66. The highest BCUT2D eigenvalue weighted by atomic mass is 16.5. The van der Waals surface area contributed by atoms with Crippen molar-refractivity contribution in [2.45, 2.75) is 38.5 Å². The molecule has 1 atom stereocenters. The molecule has 6 heteroatoms. The van der Waals surface area contributed by atoms with E-state index in [1.54, 1.807) is 4.68 Å². The molecule has 3 rings (SSSR count). The second-order valence-electron chi connectivity index (χ2n) is 5.03. The zero-order valence-corrected chi connectivity index (χ0v) is 11.0. The molecule has 2 aromatic heterocycles. The van der Waals surface area contributed by atoms with Gasteiger partial charge in [-0.2, -0.15) is 5.10 Å². The van der Waals surface area contributed by atoms with Gasteiger partial charge in [-0.25, -0.2) is 0 Å². The number of hydrogen-bond donors (Lipinski definition) is 2. The lowest BCUT2D eigenvalue weighted by molar-refractivity contribution is 0.265. The van der Waals surface area contributed by atoms with E-state index in [-0.39, 0.29) is 6.61 Å². The molecule has 2 aromatic rings. The maximum Gasteiger partial charge on any atom is 0.140 e. The van der Waals surface area contributed by atoms with Crippen LogP contribution in [0.5, 0.6) is 0 Å². The van der Waals surface area contributed by atoms with Gasteiger partial charge in [0.15, 0.2) is 0 Å². The highest BCUT2D eigenvalue weighted by Gasteiger charge is 2.25.